The van der Waals surface area contributed by atoms with Gasteiger partial charge in [-0.15, -0.1) is 0 Å². The van der Waals surface area contributed by atoms with E-state index in [4.69, 9.17) is 10.5 Å². The molecule has 2 N–H and O–H groups in total. The van der Waals surface area contributed by atoms with Crippen LogP contribution in [-0.2, 0) is 10.5 Å². The van der Waals surface area contributed by atoms with Gasteiger partial charge in [0.05, 0.1) is 18.1 Å². The minimum atomic E-state index is -0.447. The summed E-state index contributed by atoms with van der Waals surface area (Å²) < 4.78 is 4.97. The number of hydrogen-bond acceptors (Lipinski definition) is 6. The highest BCUT2D eigenvalue weighted by Crippen LogP contribution is 2.31. The Morgan fingerprint density at radius 2 is 2.10 bits per heavy atom. The van der Waals surface area contributed by atoms with Gasteiger partial charge in [-0.1, -0.05) is 12.8 Å². The van der Waals surface area contributed by atoms with Gasteiger partial charge in [0.2, 0.25) is 0 Å². The SMILES string of the molecule is CCOC(=O)c1c(C)nc(CSC2CCCC2)nc1N. The van der Waals surface area contributed by atoms with Crippen LogP contribution in [0.4, 0.5) is 5.82 Å². The number of anilines is 1. The van der Waals surface area contributed by atoms with E-state index in [-0.39, 0.29) is 5.82 Å². The van der Waals surface area contributed by atoms with E-state index < -0.39 is 5.97 Å². The van der Waals surface area contributed by atoms with Crippen molar-refractivity contribution in [2.24, 2.45) is 0 Å². The Kier molecular flexibility index (Phi) is 5.23. The summed E-state index contributed by atoms with van der Waals surface area (Å²) in [6.07, 6.45) is 5.20. The third kappa shape index (κ3) is 3.62. The van der Waals surface area contributed by atoms with Crippen molar-refractivity contribution in [1.29, 1.82) is 0 Å². The maximum Gasteiger partial charge on any atom is 0.343 e. The molecule has 1 aliphatic carbocycles. The number of esters is 1. The first-order valence-electron chi connectivity index (χ1n) is 7.03. The normalized spacial score (nSPS) is 15.5. The van der Waals surface area contributed by atoms with E-state index in [0.717, 1.165) is 5.75 Å². The van der Waals surface area contributed by atoms with Crippen LogP contribution in [0.1, 0.15) is 54.5 Å². The fraction of sp³-hybridized carbons (Fsp3) is 0.643. The van der Waals surface area contributed by atoms with Gasteiger partial charge in [-0.2, -0.15) is 11.8 Å². The highest BCUT2D eigenvalue weighted by molar-refractivity contribution is 7.99. The Labute approximate surface area is 123 Å². The van der Waals surface area contributed by atoms with Gasteiger partial charge in [0.15, 0.2) is 0 Å². The van der Waals surface area contributed by atoms with Crippen LogP contribution < -0.4 is 5.73 Å². The van der Waals surface area contributed by atoms with Crippen LogP contribution in [0.15, 0.2) is 0 Å². The van der Waals surface area contributed by atoms with Gasteiger partial charge >= 0.3 is 5.97 Å². The molecule has 0 aliphatic heterocycles. The lowest BCUT2D eigenvalue weighted by Gasteiger charge is -2.11. The van der Waals surface area contributed by atoms with E-state index in [2.05, 4.69) is 9.97 Å². The van der Waals surface area contributed by atoms with Crippen LogP contribution in [0.3, 0.4) is 0 Å². The molecule has 0 amide bonds. The third-order valence-corrected chi connectivity index (χ3v) is 4.76. The lowest BCUT2D eigenvalue weighted by Crippen LogP contribution is -2.14. The molecule has 1 aromatic rings. The van der Waals surface area contributed by atoms with Crippen LogP contribution in [0.25, 0.3) is 0 Å². The molecule has 2 rings (SSSR count). The molecule has 1 saturated carbocycles. The molecule has 0 saturated heterocycles. The topological polar surface area (TPSA) is 78.1 Å². The molecule has 0 atom stereocenters. The van der Waals surface area contributed by atoms with E-state index in [9.17, 15) is 4.79 Å². The standard InChI is InChI=1S/C14H21N3O2S/c1-3-19-14(18)12-9(2)16-11(17-13(12)15)8-20-10-6-4-5-7-10/h10H,3-8H2,1-2H3,(H2,15,16,17). The van der Waals surface area contributed by atoms with Crippen molar-refractivity contribution in [2.45, 2.75) is 50.5 Å². The number of thioether (sulfide) groups is 1. The fourth-order valence-electron chi connectivity index (χ4n) is 2.42. The average Bonchev–Trinajstić information content (AvgIpc) is 2.89. The van der Waals surface area contributed by atoms with Crippen molar-refractivity contribution in [3.05, 3.63) is 17.1 Å². The molecule has 1 heterocycles. The van der Waals surface area contributed by atoms with Crippen molar-refractivity contribution in [3.8, 4) is 0 Å². The number of hydrogen-bond donors (Lipinski definition) is 1. The molecule has 0 bridgehead atoms. The van der Waals surface area contributed by atoms with E-state index >= 15 is 0 Å². The Hall–Kier alpha value is -1.30. The van der Waals surface area contributed by atoms with Crippen LogP contribution in [0.2, 0.25) is 0 Å². The Balaban J connectivity index is 2.06. The molecule has 0 spiro atoms. The Bertz CT molecular complexity index is 464. The number of carbonyl (C=O) groups excluding carboxylic acids is 1. The van der Waals surface area contributed by atoms with Crippen molar-refractivity contribution in [1.82, 2.24) is 9.97 Å². The van der Waals surface area contributed by atoms with Crippen LogP contribution in [0.5, 0.6) is 0 Å². The van der Waals surface area contributed by atoms with E-state index in [0.29, 0.717) is 28.9 Å². The first-order chi connectivity index (χ1) is 9.61. The predicted octanol–water partition coefficient (Wildman–Crippen LogP) is 2.72. The van der Waals surface area contributed by atoms with Crippen molar-refractivity contribution in [3.63, 3.8) is 0 Å². The van der Waals surface area contributed by atoms with Crippen LogP contribution in [0, 0.1) is 6.92 Å². The number of ether oxygens (including phenoxy) is 1. The van der Waals surface area contributed by atoms with Gasteiger partial charge in [0.1, 0.15) is 17.2 Å². The summed E-state index contributed by atoms with van der Waals surface area (Å²) in [6, 6.07) is 0. The van der Waals surface area contributed by atoms with Gasteiger partial charge in [0, 0.05) is 5.25 Å². The molecule has 110 valence electrons. The second-order valence-electron chi connectivity index (χ2n) is 4.92. The molecule has 20 heavy (non-hydrogen) atoms. The summed E-state index contributed by atoms with van der Waals surface area (Å²) in [5.74, 6) is 1.22. The van der Waals surface area contributed by atoms with Crippen LogP contribution in [-0.4, -0.2) is 27.8 Å². The minimum Gasteiger partial charge on any atom is -0.462 e. The summed E-state index contributed by atoms with van der Waals surface area (Å²) in [5.41, 5.74) is 6.76. The van der Waals surface area contributed by atoms with E-state index in [1.54, 1.807) is 13.8 Å². The molecular weight excluding hydrogens is 274 g/mol. The summed E-state index contributed by atoms with van der Waals surface area (Å²) in [6.45, 7) is 3.85. The largest absolute Gasteiger partial charge is 0.462 e. The smallest absolute Gasteiger partial charge is 0.343 e. The summed E-state index contributed by atoms with van der Waals surface area (Å²) in [5, 5.41) is 0.713. The molecule has 1 aromatic heterocycles. The second kappa shape index (κ2) is 6.92. The van der Waals surface area contributed by atoms with Gasteiger partial charge in [-0.05, 0) is 26.7 Å². The monoisotopic (exact) mass is 295 g/mol. The Morgan fingerprint density at radius 1 is 1.40 bits per heavy atom. The predicted molar refractivity (Wildman–Crippen MR) is 80.7 cm³/mol. The molecule has 0 unspecified atom stereocenters. The molecule has 1 fully saturated rings. The first kappa shape index (κ1) is 15.1. The summed E-state index contributed by atoms with van der Waals surface area (Å²) in [7, 11) is 0. The van der Waals surface area contributed by atoms with Gasteiger partial charge in [-0.3, -0.25) is 0 Å². The first-order valence-corrected chi connectivity index (χ1v) is 8.08. The lowest BCUT2D eigenvalue weighted by molar-refractivity contribution is 0.0526. The number of aryl methyl sites for hydroxylation is 1. The van der Waals surface area contributed by atoms with Crippen molar-refractivity contribution in [2.75, 3.05) is 12.3 Å². The van der Waals surface area contributed by atoms with Crippen molar-refractivity contribution >= 4 is 23.5 Å². The summed E-state index contributed by atoms with van der Waals surface area (Å²) in [4.78, 5) is 20.4. The van der Waals surface area contributed by atoms with Gasteiger partial charge in [0.25, 0.3) is 0 Å². The molecule has 1 aliphatic rings. The number of nitrogen functional groups attached to an aromatic ring is 1. The molecule has 6 heteroatoms. The van der Waals surface area contributed by atoms with Crippen LogP contribution >= 0.6 is 11.8 Å². The average molecular weight is 295 g/mol. The Morgan fingerprint density at radius 3 is 2.70 bits per heavy atom. The third-order valence-electron chi connectivity index (χ3n) is 3.39. The molecule has 0 radical (unpaired) electrons. The number of carbonyl (C=O) groups is 1. The van der Waals surface area contributed by atoms with Gasteiger partial charge < -0.3 is 10.5 Å². The highest BCUT2D eigenvalue weighted by Gasteiger charge is 2.19. The summed E-state index contributed by atoms with van der Waals surface area (Å²) >= 11 is 1.88. The van der Waals surface area contributed by atoms with Gasteiger partial charge in [-0.25, -0.2) is 14.8 Å². The zero-order valence-corrected chi connectivity index (χ0v) is 12.8. The maximum atomic E-state index is 11.8. The zero-order valence-electron chi connectivity index (χ0n) is 12.0. The fourth-order valence-corrected chi connectivity index (χ4v) is 3.60. The van der Waals surface area contributed by atoms with E-state index in [1.165, 1.54) is 25.7 Å². The molecule has 0 aromatic carbocycles. The zero-order chi connectivity index (χ0) is 14.5. The van der Waals surface area contributed by atoms with E-state index in [1.807, 2.05) is 11.8 Å². The second-order valence-corrected chi connectivity index (χ2v) is 6.21. The quantitative estimate of drug-likeness (QED) is 0.841. The maximum absolute atomic E-state index is 11.8. The number of nitrogens with two attached hydrogens (primary N) is 1. The molecular formula is C14H21N3O2S. The number of rotatable bonds is 5. The highest BCUT2D eigenvalue weighted by atomic mass is 32.2. The lowest BCUT2D eigenvalue weighted by atomic mass is 10.2. The minimum absolute atomic E-state index is 0.220. The number of aromatic nitrogens is 2. The number of nitrogens with zero attached hydrogens (tertiary/aromatic N) is 2. The molecule has 5 nitrogen and oxygen atoms in total. The van der Waals surface area contributed by atoms with Crippen molar-refractivity contribution < 1.29 is 9.53 Å².